The molecular weight excluding hydrogens is 296 g/mol. The van der Waals surface area contributed by atoms with Crippen LogP contribution in [0.3, 0.4) is 0 Å². The highest BCUT2D eigenvalue weighted by Crippen LogP contribution is 2.28. The van der Waals surface area contributed by atoms with Gasteiger partial charge in [0.2, 0.25) is 10.0 Å². The van der Waals surface area contributed by atoms with Crippen LogP contribution in [0.1, 0.15) is 52.8 Å². The Morgan fingerprint density at radius 3 is 2.30 bits per heavy atom. The zero-order valence-corrected chi connectivity index (χ0v) is 14.7. The molecule has 1 aromatic rings. The van der Waals surface area contributed by atoms with Crippen LogP contribution in [0, 0.1) is 0 Å². The number of rotatable bonds is 6. The van der Waals surface area contributed by atoms with E-state index in [0.29, 0.717) is 10.8 Å². The summed E-state index contributed by atoms with van der Waals surface area (Å²) < 4.78 is 28.8. The summed E-state index contributed by atoms with van der Waals surface area (Å²) in [6.07, 6.45) is 2.43. The lowest BCUT2D eigenvalue weighted by atomic mass is 10.0. The number of sulfonamides is 1. The predicted octanol–water partition coefficient (Wildman–Crippen LogP) is 3.62. The molecule has 0 saturated heterocycles. The molecule has 0 unspecified atom stereocenters. The minimum absolute atomic E-state index is 0.178. The Morgan fingerprint density at radius 1 is 1.40 bits per heavy atom. The van der Waals surface area contributed by atoms with Crippen molar-refractivity contribution in [1.82, 2.24) is 8.87 Å². The molecule has 0 amide bonds. The number of aromatic nitrogens is 1. The van der Waals surface area contributed by atoms with E-state index in [4.69, 9.17) is 11.6 Å². The molecule has 0 atom stereocenters. The highest BCUT2D eigenvalue weighted by molar-refractivity contribution is 7.89. The molecule has 0 fully saturated rings. The molecule has 0 N–H and O–H groups in total. The Kier molecular flexibility index (Phi) is 5.33. The minimum Gasteiger partial charge on any atom is -0.346 e. The molecule has 0 aliphatic heterocycles. The van der Waals surface area contributed by atoms with E-state index in [2.05, 4.69) is 0 Å². The average Bonchev–Trinajstić information content (AvgIpc) is 2.82. The summed E-state index contributed by atoms with van der Waals surface area (Å²) in [6, 6.07) is 1.85. The third kappa shape index (κ3) is 3.21. The summed E-state index contributed by atoms with van der Waals surface area (Å²) in [4.78, 5) is 0.311. The predicted molar refractivity (Wildman–Crippen MR) is 83.7 cm³/mol. The molecule has 116 valence electrons. The number of halogens is 1. The van der Waals surface area contributed by atoms with Crippen LogP contribution in [0.15, 0.2) is 17.2 Å². The highest BCUT2D eigenvalue weighted by atomic mass is 35.5. The third-order valence-electron chi connectivity index (χ3n) is 3.98. The smallest absolute Gasteiger partial charge is 0.244 e. The summed E-state index contributed by atoms with van der Waals surface area (Å²) in [5, 5.41) is 0. The maximum atomic E-state index is 12.7. The van der Waals surface area contributed by atoms with Crippen LogP contribution in [0.5, 0.6) is 0 Å². The Bertz CT molecular complexity index is 562. The molecule has 4 nitrogen and oxygen atoms in total. The van der Waals surface area contributed by atoms with E-state index in [0.717, 1.165) is 12.1 Å². The fraction of sp³-hybridized carbons (Fsp3) is 0.714. The van der Waals surface area contributed by atoms with Crippen molar-refractivity contribution < 1.29 is 8.42 Å². The molecule has 0 bridgehead atoms. The van der Waals surface area contributed by atoms with E-state index >= 15 is 0 Å². The van der Waals surface area contributed by atoms with Gasteiger partial charge in [-0.1, -0.05) is 6.92 Å². The van der Waals surface area contributed by atoms with Crippen molar-refractivity contribution in [3.05, 3.63) is 18.0 Å². The van der Waals surface area contributed by atoms with Gasteiger partial charge in [0.1, 0.15) is 4.90 Å². The first-order valence-electron chi connectivity index (χ1n) is 6.83. The van der Waals surface area contributed by atoms with Gasteiger partial charge in [-0.15, -0.1) is 11.6 Å². The van der Waals surface area contributed by atoms with Crippen LogP contribution >= 0.6 is 11.6 Å². The van der Waals surface area contributed by atoms with Gasteiger partial charge in [-0.25, -0.2) is 8.42 Å². The number of hydrogen-bond donors (Lipinski definition) is 0. The van der Waals surface area contributed by atoms with Gasteiger partial charge in [0.15, 0.2) is 0 Å². The van der Waals surface area contributed by atoms with Crippen LogP contribution in [-0.2, 0) is 15.9 Å². The summed E-state index contributed by atoms with van der Waals surface area (Å²) in [5.74, 6) is 0.300. The topological polar surface area (TPSA) is 42.3 Å². The Morgan fingerprint density at radius 2 is 1.95 bits per heavy atom. The van der Waals surface area contributed by atoms with E-state index in [9.17, 15) is 8.42 Å². The molecule has 6 heteroatoms. The molecule has 0 aliphatic rings. The normalized spacial score (nSPS) is 13.4. The molecule has 0 spiro atoms. The Balaban J connectivity index is 3.30. The SMILES string of the molecule is CCC(C)(C)N(C)S(=O)(=O)c1cc(CCl)n(C(C)C)c1. The second-order valence-electron chi connectivity index (χ2n) is 5.94. The number of alkyl halides is 1. The lowest BCUT2D eigenvalue weighted by Crippen LogP contribution is -2.44. The monoisotopic (exact) mass is 320 g/mol. The molecule has 0 radical (unpaired) electrons. The molecule has 0 saturated carbocycles. The largest absolute Gasteiger partial charge is 0.346 e. The van der Waals surface area contributed by atoms with Gasteiger partial charge in [-0.3, -0.25) is 0 Å². The van der Waals surface area contributed by atoms with E-state index in [-0.39, 0.29) is 6.04 Å². The van der Waals surface area contributed by atoms with Crippen molar-refractivity contribution >= 4 is 21.6 Å². The van der Waals surface area contributed by atoms with E-state index < -0.39 is 15.6 Å². The van der Waals surface area contributed by atoms with Gasteiger partial charge in [0.05, 0.1) is 5.88 Å². The lowest BCUT2D eigenvalue weighted by molar-refractivity contribution is 0.257. The first kappa shape index (κ1) is 17.5. The van der Waals surface area contributed by atoms with Gasteiger partial charge in [0, 0.05) is 30.5 Å². The maximum absolute atomic E-state index is 12.7. The van der Waals surface area contributed by atoms with Gasteiger partial charge >= 0.3 is 0 Å². The van der Waals surface area contributed by atoms with Crippen molar-refractivity contribution in [3.63, 3.8) is 0 Å². The molecule has 1 heterocycles. The number of hydrogen-bond acceptors (Lipinski definition) is 2. The Hall–Kier alpha value is -0.520. The maximum Gasteiger partial charge on any atom is 0.244 e. The van der Waals surface area contributed by atoms with Crippen LogP contribution in [0.4, 0.5) is 0 Å². The summed E-state index contributed by atoms with van der Waals surface area (Å²) >= 11 is 5.91. The van der Waals surface area contributed by atoms with E-state index in [1.165, 1.54) is 4.31 Å². The summed E-state index contributed by atoms with van der Waals surface area (Å²) in [6.45, 7) is 9.84. The molecule has 1 aromatic heterocycles. The van der Waals surface area contributed by atoms with Crippen LogP contribution < -0.4 is 0 Å². The van der Waals surface area contributed by atoms with Crippen LogP contribution in [-0.4, -0.2) is 29.9 Å². The zero-order chi connectivity index (χ0) is 15.7. The molecular formula is C14H25ClN2O2S. The molecule has 20 heavy (non-hydrogen) atoms. The third-order valence-corrected chi connectivity index (χ3v) is 6.28. The Labute approximate surface area is 127 Å². The zero-order valence-electron chi connectivity index (χ0n) is 13.1. The second-order valence-corrected chi connectivity index (χ2v) is 8.18. The van der Waals surface area contributed by atoms with Gasteiger partial charge in [0.25, 0.3) is 0 Å². The lowest BCUT2D eigenvalue weighted by Gasteiger charge is -2.33. The first-order chi connectivity index (χ1) is 9.07. The second kappa shape index (κ2) is 6.08. The van der Waals surface area contributed by atoms with Crippen LogP contribution in [0.2, 0.25) is 0 Å². The molecule has 0 aromatic carbocycles. The fourth-order valence-corrected chi connectivity index (χ4v) is 3.77. The molecule has 1 rings (SSSR count). The van der Waals surface area contributed by atoms with E-state index in [1.807, 2.05) is 39.2 Å². The van der Waals surface area contributed by atoms with Crippen molar-refractivity contribution in [2.24, 2.45) is 0 Å². The van der Waals surface area contributed by atoms with E-state index in [1.54, 1.807) is 19.3 Å². The summed E-state index contributed by atoms with van der Waals surface area (Å²) in [7, 11) is -1.87. The summed E-state index contributed by atoms with van der Waals surface area (Å²) in [5.41, 5.74) is 0.405. The minimum atomic E-state index is -3.50. The van der Waals surface area contributed by atoms with Crippen molar-refractivity contribution in [1.29, 1.82) is 0 Å². The van der Waals surface area contributed by atoms with Crippen molar-refractivity contribution in [3.8, 4) is 0 Å². The average molecular weight is 321 g/mol. The first-order valence-corrected chi connectivity index (χ1v) is 8.81. The standard InChI is InChI=1S/C14H25ClN2O2S/c1-7-14(4,5)16(6)20(18,19)13-8-12(9-15)17(10-13)11(2)3/h8,10-11H,7,9H2,1-6H3. The number of nitrogens with zero attached hydrogens (tertiary/aromatic N) is 2. The van der Waals surface area contributed by atoms with Crippen molar-refractivity contribution in [2.75, 3.05) is 7.05 Å². The van der Waals surface area contributed by atoms with Gasteiger partial charge in [-0.05, 0) is 40.2 Å². The molecule has 0 aliphatic carbocycles. The quantitative estimate of drug-likeness (QED) is 0.751. The fourth-order valence-electron chi connectivity index (χ4n) is 1.93. The van der Waals surface area contributed by atoms with Gasteiger partial charge < -0.3 is 4.57 Å². The highest BCUT2D eigenvalue weighted by Gasteiger charge is 2.33. The van der Waals surface area contributed by atoms with Crippen molar-refractivity contribution in [2.45, 2.75) is 63.4 Å². The van der Waals surface area contributed by atoms with Crippen LogP contribution in [0.25, 0.3) is 0 Å². The van der Waals surface area contributed by atoms with Gasteiger partial charge in [-0.2, -0.15) is 4.31 Å².